The molecule has 6 heteroatoms. The van der Waals surface area contributed by atoms with Crippen molar-refractivity contribution in [1.29, 1.82) is 0 Å². The number of hydrogen-bond donors (Lipinski definition) is 3. The first kappa shape index (κ1) is 9.71. The average molecular weight is 229 g/mol. The first-order chi connectivity index (χ1) is 8.31. The minimum atomic E-state index is 0.479. The summed E-state index contributed by atoms with van der Waals surface area (Å²) in [6.45, 7) is 0.610. The third-order valence-corrected chi connectivity index (χ3v) is 2.41. The Morgan fingerprint density at radius 1 is 1.41 bits per heavy atom. The van der Waals surface area contributed by atoms with Crippen molar-refractivity contribution in [2.75, 3.05) is 11.1 Å². The smallest absolute Gasteiger partial charge is 0.295 e. The second-order valence-corrected chi connectivity index (χ2v) is 3.71. The van der Waals surface area contributed by atoms with Gasteiger partial charge in [0.2, 0.25) is 0 Å². The average Bonchev–Trinajstić information content (AvgIpc) is 2.94. The van der Waals surface area contributed by atoms with Crippen molar-refractivity contribution in [1.82, 2.24) is 15.2 Å². The van der Waals surface area contributed by atoms with Crippen LogP contribution < -0.4 is 11.1 Å². The fourth-order valence-electron chi connectivity index (χ4n) is 1.57. The number of fused-ring (bicyclic) bond motifs is 1. The number of nitrogens with zero attached hydrogens (tertiary/aromatic N) is 2. The molecule has 3 aromatic rings. The molecule has 0 atom stereocenters. The molecule has 0 aliphatic carbocycles. The summed E-state index contributed by atoms with van der Waals surface area (Å²) in [6, 6.07) is 5.85. The van der Waals surface area contributed by atoms with Gasteiger partial charge in [-0.25, -0.2) is 0 Å². The molecule has 0 saturated carbocycles. The largest absolute Gasteiger partial charge is 0.424 e. The van der Waals surface area contributed by atoms with Crippen molar-refractivity contribution >= 4 is 22.8 Å². The van der Waals surface area contributed by atoms with Crippen molar-refractivity contribution in [2.45, 2.75) is 6.54 Å². The van der Waals surface area contributed by atoms with Crippen LogP contribution in [0.15, 0.2) is 35.0 Å². The standard InChI is InChI=1S/C11H11N5O/c12-8-1-2-10-9(3-8)16-11(17-10)13-4-7-5-14-15-6-7/h1-3,5-6H,4,12H2,(H,13,16)(H,14,15). The maximum absolute atomic E-state index is 5.67. The molecule has 4 N–H and O–H groups in total. The van der Waals surface area contributed by atoms with Crippen molar-refractivity contribution in [2.24, 2.45) is 0 Å². The van der Waals surface area contributed by atoms with Crippen LogP contribution in [0.5, 0.6) is 0 Å². The van der Waals surface area contributed by atoms with Crippen LogP contribution in [-0.4, -0.2) is 15.2 Å². The minimum absolute atomic E-state index is 0.479. The van der Waals surface area contributed by atoms with E-state index in [2.05, 4.69) is 20.5 Å². The first-order valence-corrected chi connectivity index (χ1v) is 5.19. The molecule has 0 spiro atoms. The van der Waals surface area contributed by atoms with Gasteiger partial charge in [0.1, 0.15) is 5.52 Å². The maximum Gasteiger partial charge on any atom is 0.295 e. The van der Waals surface area contributed by atoms with Gasteiger partial charge in [-0.3, -0.25) is 5.10 Å². The molecular formula is C11H11N5O. The number of aromatic nitrogens is 3. The van der Waals surface area contributed by atoms with E-state index in [0.717, 1.165) is 11.1 Å². The van der Waals surface area contributed by atoms with E-state index in [1.807, 2.05) is 6.20 Å². The zero-order chi connectivity index (χ0) is 11.7. The molecule has 2 heterocycles. The van der Waals surface area contributed by atoms with E-state index in [-0.39, 0.29) is 0 Å². The van der Waals surface area contributed by atoms with E-state index in [9.17, 15) is 0 Å². The third-order valence-electron chi connectivity index (χ3n) is 2.41. The van der Waals surface area contributed by atoms with Gasteiger partial charge in [0.05, 0.1) is 6.20 Å². The molecule has 0 fully saturated rings. The Bertz CT molecular complexity index is 628. The van der Waals surface area contributed by atoms with Gasteiger partial charge in [-0.2, -0.15) is 10.1 Å². The van der Waals surface area contributed by atoms with Gasteiger partial charge in [0, 0.05) is 24.0 Å². The monoisotopic (exact) mass is 229 g/mol. The molecule has 1 aromatic carbocycles. The Balaban J connectivity index is 1.81. The number of oxazole rings is 1. The van der Waals surface area contributed by atoms with Gasteiger partial charge in [-0.15, -0.1) is 0 Å². The SMILES string of the molecule is Nc1ccc2oc(NCc3cn[nH]c3)nc2c1. The highest BCUT2D eigenvalue weighted by atomic mass is 16.4. The van der Waals surface area contributed by atoms with Gasteiger partial charge < -0.3 is 15.5 Å². The molecule has 6 nitrogen and oxygen atoms in total. The number of aromatic amines is 1. The van der Waals surface area contributed by atoms with Gasteiger partial charge >= 0.3 is 0 Å². The van der Waals surface area contributed by atoms with Crippen LogP contribution in [0, 0.1) is 0 Å². The lowest BCUT2D eigenvalue weighted by Crippen LogP contribution is -1.97. The summed E-state index contributed by atoms with van der Waals surface area (Å²) in [5.41, 5.74) is 8.84. The van der Waals surface area contributed by atoms with Crippen LogP contribution in [0.3, 0.4) is 0 Å². The van der Waals surface area contributed by atoms with Crippen LogP contribution in [0.25, 0.3) is 11.1 Å². The summed E-state index contributed by atoms with van der Waals surface area (Å²) < 4.78 is 5.51. The number of benzene rings is 1. The fourth-order valence-corrected chi connectivity index (χ4v) is 1.57. The van der Waals surface area contributed by atoms with Crippen LogP contribution in [0.1, 0.15) is 5.56 Å². The van der Waals surface area contributed by atoms with Gasteiger partial charge in [0.25, 0.3) is 6.01 Å². The molecule has 3 rings (SSSR count). The van der Waals surface area contributed by atoms with Crippen LogP contribution >= 0.6 is 0 Å². The van der Waals surface area contributed by atoms with E-state index >= 15 is 0 Å². The molecular weight excluding hydrogens is 218 g/mol. The number of H-pyrrole nitrogens is 1. The highest BCUT2D eigenvalue weighted by Crippen LogP contribution is 2.21. The second kappa shape index (κ2) is 3.82. The predicted octanol–water partition coefficient (Wildman–Crippen LogP) is 1.75. The normalized spacial score (nSPS) is 10.8. The lowest BCUT2D eigenvalue weighted by Gasteiger charge is -1.96. The predicted molar refractivity (Wildman–Crippen MR) is 64.3 cm³/mol. The summed E-state index contributed by atoms with van der Waals surface area (Å²) in [5, 5.41) is 9.68. The lowest BCUT2D eigenvalue weighted by atomic mass is 10.3. The molecule has 0 amide bonds. The van der Waals surface area contributed by atoms with Crippen molar-refractivity contribution in [3.63, 3.8) is 0 Å². The Morgan fingerprint density at radius 2 is 2.35 bits per heavy atom. The van der Waals surface area contributed by atoms with Crippen LogP contribution in [-0.2, 0) is 6.54 Å². The topological polar surface area (TPSA) is 92.8 Å². The number of nitrogen functional groups attached to an aromatic ring is 1. The van der Waals surface area contributed by atoms with E-state index in [0.29, 0.717) is 23.8 Å². The van der Waals surface area contributed by atoms with Gasteiger partial charge in [-0.05, 0) is 18.2 Å². The Morgan fingerprint density at radius 3 is 3.18 bits per heavy atom. The molecule has 0 aliphatic heterocycles. The first-order valence-electron chi connectivity index (χ1n) is 5.19. The van der Waals surface area contributed by atoms with E-state index in [1.54, 1.807) is 24.4 Å². The number of rotatable bonds is 3. The lowest BCUT2D eigenvalue weighted by molar-refractivity contribution is 0.614. The highest BCUT2D eigenvalue weighted by Gasteiger charge is 2.05. The number of nitrogens with one attached hydrogen (secondary N) is 2. The van der Waals surface area contributed by atoms with Crippen LogP contribution in [0.4, 0.5) is 11.7 Å². The zero-order valence-corrected chi connectivity index (χ0v) is 8.97. The van der Waals surface area contributed by atoms with Crippen molar-refractivity contribution < 1.29 is 4.42 Å². The summed E-state index contributed by atoms with van der Waals surface area (Å²) in [5.74, 6) is 0. The summed E-state index contributed by atoms with van der Waals surface area (Å²) >= 11 is 0. The Labute approximate surface area is 96.8 Å². The summed E-state index contributed by atoms with van der Waals surface area (Å²) in [7, 11) is 0. The second-order valence-electron chi connectivity index (χ2n) is 3.71. The van der Waals surface area contributed by atoms with E-state index < -0.39 is 0 Å². The molecule has 0 aliphatic rings. The molecule has 0 saturated heterocycles. The zero-order valence-electron chi connectivity index (χ0n) is 8.97. The van der Waals surface area contributed by atoms with E-state index in [1.165, 1.54) is 0 Å². The number of anilines is 2. The van der Waals surface area contributed by atoms with Crippen molar-refractivity contribution in [3.05, 3.63) is 36.2 Å². The molecule has 17 heavy (non-hydrogen) atoms. The summed E-state index contributed by atoms with van der Waals surface area (Å²) in [6.07, 6.45) is 3.56. The number of hydrogen-bond acceptors (Lipinski definition) is 5. The molecule has 2 aromatic heterocycles. The number of nitrogens with two attached hydrogens (primary N) is 1. The summed E-state index contributed by atoms with van der Waals surface area (Å²) in [4.78, 5) is 4.28. The fraction of sp³-hybridized carbons (Fsp3) is 0.0909. The Hall–Kier alpha value is -2.50. The molecule has 86 valence electrons. The molecule has 0 radical (unpaired) electrons. The highest BCUT2D eigenvalue weighted by molar-refractivity contribution is 5.78. The molecule has 0 bridgehead atoms. The van der Waals surface area contributed by atoms with Crippen molar-refractivity contribution in [3.8, 4) is 0 Å². The molecule has 0 unspecified atom stereocenters. The van der Waals surface area contributed by atoms with E-state index in [4.69, 9.17) is 10.2 Å². The van der Waals surface area contributed by atoms with Crippen LogP contribution in [0.2, 0.25) is 0 Å². The minimum Gasteiger partial charge on any atom is -0.424 e. The Kier molecular flexibility index (Phi) is 2.18. The maximum atomic E-state index is 5.67. The third kappa shape index (κ3) is 1.92. The van der Waals surface area contributed by atoms with Gasteiger partial charge in [-0.1, -0.05) is 0 Å². The van der Waals surface area contributed by atoms with Gasteiger partial charge in [0.15, 0.2) is 5.58 Å². The quantitative estimate of drug-likeness (QED) is 0.595.